The molecule has 7 heteroatoms. The molecule has 0 N–H and O–H groups in total. The van der Waals surface area contributed by atoms with Gasteiger partial charge in [-0.15, -0.1) is 11.3 Å². The van der Waals surface area contributed by atoms with Crippen LogP contribution >= 0.6 is 11.3 Å². The second-order valence-electron chi connectivity index (χ2n) is 6.50. The Morgan fingerprint density at radius 1 is 1.19 bits per heavy atom. The van der Waals surface area contributed by atoms with E-state index in [0.717, 1.165) is 29.3 Å². The van der Waals surface area contributed by atoms with Crippen molar-refractivity contribution in [1.82, 2.24) is 9.88 Å². The Balaban J connectivity index is 1.26. The molecular formula is C19H22N2O4S. The van der Waals surface area contributed by atoms with E-state index in [1.54, 1.807) is 0 Å². The summed E-state index contributed by atoms with van der Waals surface area (Å²) in [6, 6.07) is 9.66. The number of benzene rings is 1. The number of carbonyl (C=O) groups excluding carboxylic acids is 1. The lowest BCUT2D eigenvalue weighted by molar-refractivity contribution is -0.187. The summed E-state index contributed by atoms with van der Waals surface area (Å²) in [5.41, 5.74) is 0.806. The van der Waals surface area contributed by atoms with E-state index in [1.807, 2.05) is 40.6 Å². The van der Waals surface area contributed by atoms with E-state index in [2.05, 4.69) is 4.98 Å². The van der Waals surface area contributed by atoms with Crippen molar-refractivity contribution in [2.24, 2.45) is 0 Å². The molecule has 2 fully saturated rings. The second-order valence-corrected chi connectivity index (χ2v) is 7.44. The first-order valence-corrected chi connectivity index (χ1v) is 9.77. The van der Waals surface area contributed by atoms with Gasteiger partial charge in [-0.2, -0.15) is 0 Å². The van der Waals surface area contributed by atoms with E-state index in [1.165, 1.54) is 11.3 Å². The number of rotatable bonds is 5. The summed E-state index contributed by atoms with van der Waals surface area (Å²) in [7, 11) is 0. The quantitative estimate of drug-likeness (QED) is 0.805. The number of aromatic nitrogens is 1. The third kappa shape index (κ3) is 4.06. The summed E-state index contributed by atoms with van der Waals surface area (Å²) >= 11 is 1.53. The Hall–Kier alpha value is -1.96. The van der Waals surface area contributed by atoms with Gasteiger partial charge in [0.05, 0.1) is 25.3 Å². The molecule has 1 aromatic heterocycles. The molecule has 0 unspecified atom stereocenters. The zero-order valence-electron chi connectivity index (χ0n) is 14.6. The number of hydrogen-bond acceptors (Lipinski definition) is 6. The minimum atomic E-state index is -0.445. The lowest BCUT2D eigenvalue weighted by Gasteiger charge is -2.37. The molecule has 0 saturated carbocycles. The minimum Gasteiger partial charge on any atom is -0.486 e. The van der Waals surface area contributed by atoms with Gasteiger partial charge in [0.1, 0.15) is 17.4 Å². The summed E-state index contributed by atoms with van der Waals surface area (Å²) in [6.45, 7) is 3.07. The van der Waals surface area contributed by atoms with Gasteiger partial charge in [0.15, 0.2) is 5.79 Å². The van der Waals surface area contributed by atoms with E-state index in [9.17, 15) is 4.79 Å². The molecule has 4 rings (SSSR count). The van der Waals surface area contributed by atoms with Crippen molar-refractivity contribution in [3.63, 3.8) is 0 Å². The van der Waals surface area contributed by atoms with Crippen molar-refractivity contribution in [1.29, 1.82) is 0 Å². The van der Waals surface area contributed by atoms with E-state index < -0.39 is 5.79 Å². The second kappa shape index (κ2) is 7.73. The smallest absolute Gasteiger partial charge is 0.228 e. The highest BCUT2D eigenvalue weighted by Gasteiger charge is 2.40. The molecule has 2 aliphatic heterocycles. The SMILES string of the molecule is O=C(Cc1csc(COc2ccccc2)n1)N1CCC2(CC1)OCCO2. The maximum atomic E-state index is 12.5. The van der Waals surface area contributed by atoms with Crippen LogP contribution in [-0.2, 0) is 27.3 Å². The minimum absolute atomic E-state index is 0.110. The lowest BCUT2D eigenvalue weighted by atomic mass is 10.0. The van der Waals surface area contributed by atoms with Gasteiger partial charge >= 0.3 is 0 Å². The molecule has 1 spiro atoms. The van der Waals surface area contributed by atoms with Crippen LogP contribution in [0.25, 0.3) is 0 Å². The van der Waals surface area contributed by atoms with Crippen LogP contribution in [0.2, 0.25) is 0 Å². The van der Waals surface area contributed by atoms with Gasteiger partial charge in [0.2, 0.25) is 5.91 Å². The normalized spacial score (nSPS) is 19.0. The fourth-order valence-electron chi connectivity index (χ4n) is 3.31. The molecule has 2 aromatic rings. The molecule has 2 aliphatic rings. The summed E-state index contributed by atoms with van der Waals surface area (Å²) in [5, 5.41) is 2.82. The van der Waals surface area contributed by atoms with E-state index in [4.69, 9.17) is 14.2 Å². The number of hydrogen-bond donors (Lipinski definition) is 0. The first-order chi connectivity index (χ1) is 12.7. The van der Waals surface area contributed by atoms with Crippen LogP contribution in [0.5, 0.6) is 5.75 Å². The predicted molar refractivity (Wildman–Crippen MR) is 97.0 cm³/mol. The van der Waals surface area contributed by atoms with E-state index in [0.29, 0.717) is 39.3 Å². The Morgan fingerprint density at radius 2 is 1.92 bits per heavy atom. The van der Waals surface area contributed by atoms with Crippen molar-refractivity contribution >= 4 is 17.2 Å². The van der Waals surface area contributed by atoms with Crippen molar-refractivity contribution in [2.45, 2.75) is 31.7 Å². The number of nitrogens with zero attached hydrogens (tertiary/aromatic N) is 2. The number of para-hydroxylation sites is 1. The molecule has 0 radical (unpaired) electrons. The van der Waals surface area contributed by atoms with Crippen molar-refractivity contribution < 1.29 is 19.0 Å². The standard InChI is InChI=1S/C19H22N2O4S/c22-18(21-8-6-19(7-9-21)24-10-11-25-19)12-15-14-26-17(20-15)13-23-16-4-2-1-3-5-16/h1-5,14H,6-13H2. The highest BCUT2D eigenvalue weighted by molar-refractivity contribution is 7.09. The third-order valence-corrected chi connectivity index (χ3v) is 5.60. The maximum absolute atomic E-state index is 12.5. The topological polar surface area (TPSA) is 60.9 Å². The molecule has 2 saturated heterocycles. The average Bonchev–Trinajstić information content (AvgIpc) is 3.31. The van der Waals surface area contributed by atoms with Gasteiger partial charge in [-0.25, -0.2) is 4.98 Å². The van der Waals surface area contributed by atoms with Crippen molar-refractivity contribution in [3.8, 4) is 5.75 Å². The Morgan fingerprint density at radius 3 is 2.65 bits per heavy atom. The van der Waals surface area contributed by atoms with Crippen LogP contribution in [0.3, 0.4) is 0 Å². The number of likely N-dealkylation sites (tertiary alicyclic amines) is 1. The zero-order valence-corrected chi connectivity index (χ0v) is 15.4. The van der Waals surface area contributed by atoms with Gasteiger partial charge in [-0.3, -0.25) is 4.79 Å². The Labute approximate surface area is 156 Å². The number of thiazole rings is 1. The largest absolute Gasteiger partial charge is 0.486 e. The van der Waals surface area contributed by atoms with Crippen LogP contribution in [0.15, 0.2) is 35.7 Å². The fraction of sp³-hybridized carbons (Fsp3) is 0.474. The summed E-state index contributed by atoms with van der Waals surface area (Å²) in [5.74, 6) is 0.483. The van der Waals surface area contributed by atoms with Crippen LogP contribution in [-0.4, -0.2) is 47.9 Å². The van der Waals surface area contributed by atoms with Gasteiger partial charge in [0.25, 0.3) is 0 Å². The Kier molecular flexibility index (Phi) is 5.19. The average molecular weight is 374 g/mol. The molecule has 1 amide bonds. The highest BCUT2D eigenvalue weighted by atomic mass is 32.1. The van der Waals surface area contributed by atoms with Crippen LogP contribution in [0.4, 0.5) is 0 Å². The van der Waals surface area contributed by atoms with Gasteiger partial charge in [0, 0.05) is 31.3 Å². The van der Waals surface area contributed by atoms with Crippen LogP contribution in [0.1, 0.15) is 23.5 Å². The molecule has 1 aromatic carbocycles. The molecule has 26 heavy (non-hydrogen) atoms. The molecule has 6 nitrogen and oxygen atoms in total. The van der Waals surface area contributed by atoms with Crippen molar-refractivity contribution in [2.75, 3.05) is 26.3 Å². The molecule has 138 valence electrons. The first kappa shape index (κ1) is 17.5. The van der Waals surface area contributed by atoms with Crippen molar-refractivity contribution in [3.05, 3.63) is 46.4 Å². The fourth-order valence-corrected chi connectivity index (χ4v) is 4.01. The molecule has 0 bridgehead atoms. The zero-order chi connectivity index (χ0) is 17.8. The van der Waals surface area contributed by atoms with Crippen LogP contribution in [0, 0.1) is 0 Å². The molecule has 0 aliphatic carbocycles. The summed E-state index contributed by atoms with van der Waals surface area (Å²) in [6.07, 6.45) is 1.81. The van der Waals surface area contributed by atoms with Gasteiger partial charge < -0.3 is 19.1 Å². The number of amides is 1. The maximum Gasteiger partial charge on any atom is 0.228 e. The number of ether oxygens (including phenoxy) is 3. The monoisotopic (exact) mass is 374 g/mol. The number of carbonyl (C=O) groups is 1. The number of piperidine rings is 1. The lowest BCUT2D eigenvalue weighted by Crippen LogP contribution is -2.47. The summed E-state index contributed by atoms with van der Waals surface area (Å²) in [4.78, 5) is 18.9. The highest BCUT2D eigenvalue weighted by Crippen LogP contribution is 2.31. The Bertz CT molecular complexity index is 733. The van der Waals surface area contributed by atoms with E-state index >= 15 is 0 Å². The molecular weight excluding hydrogens is 352 g/mol. The summed E-state index contributed by atoms with van der Waals surface area (Å²) < 4.78 is 17.1. The predicted octanol–water partition coefficient (Wildman–Crippen LogP) is 2.63. The van der Waals surface area contributed by atoms with Gasteiger partial charge in [-0.05, 0) is 12.1 Å². The first-order valence-electron chi connectivity index (χ1n) is 8.89. The third-order valence-electron chi connectivity index (χ3n) is 4.73. The van der Waals surface area contributed by atoms with E-state index in [-0.39, 0.29) is 5.91 Å². The van der Waals surface area contributed by atoms with Crippen LogP contribution < -0.4 is 4.74 Å². The molecule has 3 heterocycles. The molecule has 0 atom stereocenters. The van der Waals surface area contributed by atoms with Gasteiger partial charge in [-0.1, -0.05) is 18.2 Å².